The van der Waals surface area contributed by atoms with Crippen molar-refractivity contribution in [1.82, 2.24) is 5.32 Å². The number of amides is 1. The van der Waals surface area contributed by atoms with Crippen LogP contribution in [-0.4, -0.2) is 30.3 Å². The third kappa shape index (κ3) is 6.51. The van der Waals surface area contributed by atoms with E-state index in [4.69, 9.17) is 9.84 Å². The Morgan fingerprint density at radius 1 is 1.15 bits per heavy atom. The van der Waals surface area contributed by atoms with Crippen LogP contribution < -0.4 is 10.6 Å². The Bertz CT molecular complexity index is 803. The number of carbonyl (C=O) groups excluding carboxylic acids is 1. The Labute approximate surface area is 158 Å². The van der Waals surface area contributed by atoms with Crippen LogP contribution in [0, 0.1) is 0 Å². The van der Waals surface area contributed by atoms with E-state index in [1.54, 1.807) is 19.1 Å². The molecule has 0 unspecified atom stereocenters. The number of nitrogens with one attached hydrogen (secondary N) is 2. The topological polar surface area (TPSA) is 87.7 Å². The van der Waals surface area contributed by atoms with Gasteiger partial charge in [0.05, 0.1) is 12.7 Å². The Hall–Kier alpha value is -3.28. The van der Waals surface area contributed by atoms with Gasteiger partial charge in [0.2, 0.25) is 0 Å². The fourth-order valence-electron chi connectivity index (χ4n) is 2.60. The van der Waals surface area contributed by atoms with Crippen molar-refractivity contribution >= 4 is 17.7 Å². The summed E-state index contributed by atoms with van der Waals surface area (Å²) >= 11 is 0. The van der Waals surface area contributed by atoms with Crippen molar-refractivity contribution in [1.29, 1.82) is 0 Å². The van der Waals surface area contributed by atoms with Gasteiger partial charge >= 0.3 is 12.1 Å². The van der Waals surface area contributed by atoms with Gasteiger partial charge in [-0.15, -0.1) is 0 Å². The van der Waals surface area contributed by atoms with Gasteiger partial charge < -0.3 is 20.5 Å². The zero-order valence-electron chi connectivity index (χ0n) is 15.4. The van der Waals surface area contributed by atoms with Crippen LogP contribution >= 0.6 is 0 Å². The molecule has 0 saturated carbocycles. The van der Waals surface area contributed by atoms with E-state index in [2.05, 4.69) is 10.6 Å². The lowest BCUT2D eigenvalue weighted by Crippen LogP contribution is -2.29. The smallest absolute Gasteiger partial charge is 0.405 e. The van der Waals surface area contributed by atoms with Crippen LogP contribution in [0.15, 0.2) is 60.7 Å². The summed E-state index contributed by atoms with van der Waals surface area (Å²) in [6.45, 7) is 2.35. The number of esters is 1. The number of methoxy groups -OCH3 is 1. The van der Waals surface area contributed by atoms with Gasteiger partial charge in [-0.05, 0) is 36.6 Å². The molecule has 0 radical (unpaired) electrons. The van der Waals surface area contributed by atoms with Gasteiger partial charge in [-0.2, -0.15) is 0 Å². The molecule has 0 aliphatic heterocycles. The Balaban J connectivity index is 2.09. The quantitative estimate of drug-likeness (QED) is 0.487. The Kier molecular flexibility index (Phi) is 7.43. The first-order valence-corrected chi connectivity index (χ1v) is 8.64. The van der Waals surface area contributed by atoms with Gasteiger partial charge in [0.15, 0.2) is 0 Å². The molecule has 6 heteroatoms. The Morgan fingerprint density at radius 3 is 2.56 bits per heavy atom. The number of anilines is 1. The molecule has 0 fully saturated rings. The number of benzene rings is 2. The van der Waals surface area contributed by atoms with Crippen molar-refractivity contribution < 1.29 is 19.4 Å². The second-order valence-electron chi connectivity index (χ2n) is 6.08. The maximum atomic E-state index is 12.1. The van der Waals surface area contributed by atoms with E-state index < -0.39 is 12.1 Å². The predicted octanol–water partition coefficient (Wildman–Crippen LogP) is 3.84. The Morgan fingerprint density at radius 2 is 1.89 bits per heavy atom. The maximum absolute atomic E-state index is 12.1. The minimum Gasteiger partial charge on any atom is -0.465 e. The summed E-state index contributed by atoms with van der Waals surface area (Å²) in [4.78, 5) is 22.7. The van der Waals surface area contributed by atoms with E-state index in [-0.39, 0.29) is 6.04 Å². The third-order valence-electron chi connectivity index (χ3n) is 3.94. The van der Waals surface area contributed by atoms with Gasteiger partial charge in [-0.3, -0.25) is 0 Å². The number of hydrogen-bond donors (Lipinski definition) is 3. The van der Waals surface area contributed by atoms with E-state index in [0.717, 1.165) is 11.1 Å². The van der Waals surface area contributed by atoms with Gasteiger partial charge in [-0.1, -0.05) is 48.6 Å². The molecule has 1 atom stereocenters. The molecule has 1 amide bonds. The summed E-state index contributed by atoms with van der Waals surface area (Å²) in [5.74, 6) is -0.405. The van der Waals surface area contributed by atoms with E-state index in [1.165, 1.54) is 7.11 Å². The van der Waals surface area contributed by atoms with Crippen molar-refractivity contribution in [2.75, 3.05) is 12.4 Å². The number of carbonyl (C=O) groups is 2. The molecule has 2 aromatic carbocycles. The molecule has 3 N–H and O–H groups in total. The van der Waals surface area contributed by atoms with E-state index in [0.29, 0.717) is 24.2 Å². The highest BCUT2D eigenvalue weighted by Crippen LogP contribution is 2.20. The molecule has 27 heavy (non-hydrogen) atoms. The number of carboxylic acid groups (broad SMARTS) is 1. The minimum atomic E-state index is -1.06. The van der Waals surface area contributed by atoms with Gasteiger partial charge in [-0.25, -0.2) is 9.59 Å². The van der Waals surface area contributed by atoms with Crippen LogP contribution in [0.25, 0.3) is 0 Å². The van der Waals surface area contributed by atoms with Crippen molar-refractivity contribution in [2.24, 2.45) is 0 Å². The molecule has 0 saturated heterocycles. The van der Waals surface area contributed by atoms with Crippen molar-refractivity contribution in [2.45, 2.75) is 25.9 Å². The van der Waals surface area contributed by atoms with Crippen LogP contribution in [0.3, 0.4) is 0 Å². The molecule has 0 bridgehead atoms. The standard InChI is InChI=1S/C21H24N2O4/c1-15(23-21(25)26)7-6-10-16-11-12-19(18(13-16)20(24)27-2)22-14-17-8-4-3-5-9-17/h3-9,11-13,15,22-23H,10,14H2,1-2H3,(H,25,26)/b7-6-/t15-/m0/s1. The largest absolute Gasteiger partial charge is 0.465 e. The first-order valence-electron chi connectivity index (χ1n) is 8.64. The first-order chi connectivity index (χ1) is 13.0. The SMILES string of the molecule is COC(=O)c1cc(C/C=C\[C@H](C)NC(=O)O)ccc1NCc1ccccc1. The van der Waals surface area contributed by atoms with Crippen LogP contribution in [0.4, 0.5) is 10.5 Å². The highest BCUT2D eigenvalue weighted by molar-refractivity contribution is 5.95. The van der Waals surface area contributed by atoms with Crippen LogP contribution in [0.5, 0.6) is 0 Å². The zero-order valence-corrected chi connectivity index (χ0v) is 15.4. The number of allylic oxidation sites excluding steroid dienone is 1. The van der Waals surface area contributed by atoms with Gasteiger partial charge in [0.1, 0.15) is 0 Å². The fraction of sp³-hybridized carbons (Fsp3) is 0.238. The molecular formula is C21H24N2O4. The van der Waals surface area contributed by atoms with Crippen LogP contribution in [-0.2, 0) is 17.7 Å². The molecule has 6 nitrogen and oxygen atoms in total. The monoisotopic (exact) mass is 368 g/mol. The fourth-order valence-corrected chi connectivity index (χ4v) is 2.60. The van der Waals surface area contributed by atoms with Crippen molar-refractivity contribution in [3.63, 3.8) is 0 Å². The highest BCUT2D eigenvalue weighted by Gasteiger charge is 2.12. The summed E-state index contributed by atoms with van der Waals surface area (Å²) in [7, 11) is 1.36. The molecule has 0 aliphatic carbocycles. The summed E-state index contributed by atoms with van der Waals surface area (Å²) in [5.41, 5.74) is 3.22. The second-order valence-corrected chi connectivity index (χ2v) is 6.08. The lowest BCUT2D eigenvalue weighted by atomic mass is 10.0. The zero-order chi connectivity index (χ0) is 19.6. The molecule has 2 rings (SSSR count). The number of hydrogen-bond acceptors (Lipinski definition) is 4. The molecular weight excluding hydrogens is 344 g/mol. The van der Waals surface area contributed by atoms with Crippen molar-refractivity contribution in [3.8, 4) is 0 Å². The van der Waals surface area contributed by atoms with Crippen LogP contribution in [0.2, 0.25) is 0 Å². The summed E-state index contributed by atoms with van der Waals surface area (Å²) in [6, 6.07) is 15.2. The molecule has 142 valence electrons. The van der Waals surface area contributed by atoms with Crippen LogP contribution in [0.1, 0.15) is 28.4 Å². The molecule has 0 aromatic heterocycles. The van der Waals surface area contributed by atoms with Gasteiger partial charge in [0, 0.05) is 18.3 Å². The number of rotatable bonds is 8. The summed E-state index contributed by atoms with van der Waals surface area (Å²) < 4.78 is 4.90. The lowest BCUT2D eigenvalue weighted by Gasteiger charge is -2.12. The number of ether oxygens (including phenoxy) is 1. The average molecular weight is 368 g/mol. The molecule has 0 aliphatic rings. The molecule has 2 aromatic rings. The molecule has 0 spiro atoms. The minimum absolute atomic E-state index is 0.283. The second kappa shape index (κ2) is 10.0. The summed E-state index contributed by atoms with van der Waals surface area (Å²) in [6.07, 6.45) is 3.16. The predicted molar refractivity (Wildman–Crippen MR) is 105 cm³/mol. The van der Waals surface area contributed by atoms with E-state index in [9.17, 15) is 9.59 Å². The van der Waals surface area contributed by atoms with E-state index in [1.807, 2.05) is 48.5 Å². The maximum Gasteiger partial charge on any atom is 0.405 e. The normalized spacial score (nSPS) is 11.8. The third-order valence-corrected chi connectivity index (χ3v) is 3.94. The highest BCUT2D eigenvalue weighted by atomic mass is 16.5. The van der Waals surface area contributed by atoms with E-state index >= 15 is 0 Å². The lowest BCUT2D eigenvalue weighted by molar-refractivity contribution is 0.0601. The van der Waals surface area contributed by atoms with Gasteiger partial charge in [0.25, 0.3) is 0 Å². The summed E-state index contributed by atoms with van der Waals surface area (Å²) in [5, 5.41) is 14.3. The average Bonchev–Trinajstić information content (AvgIpc) is 2.66. The molecule has 0 heterocycles. The van der Waals surface area contributed by atoms with Crippen molar-refractivity contribution in [3.05, 3.63) is 77.4 Å². The first kappa shape index (κ1) is 20.0.